The Bertz CT molecular complexity index is 702. The summed E-state index contributed by atoms with van der Waals surface area (Å²) < 4.78 is 0. The molecule has 0 bridgehead atoms. The number of allylic oxidation sites excluding steroid dienone is 4. The molecule has 0 radical (unpaired) electrons. The van der Waals surface area contributed by atoms with Crippen LogP contribution in [0, 0.1) is 23.2 Å². The zero-order valence-electron chi connectivity index (χ0n) is 15.4. The molecule has 2 atom stereocenters. The first-order chi connectivity index (χ1) is 12.5. The molecule has 0 aliphatic rings. The molecule has 0 spiro atoms. The lowest BCUT2D eigenvalue weighted by Gasteiger charge is -2.27. The van der Waals surface area contributed by atoms with Crippen LogP contribution in [0.25, 0.3) is 0 Å². The molecule has 1 heterocycles. The molecule has 1 N–H and O–H groups in total. The van der Waals surface area contributed by atoms with Crippen LogP contribution in [0.5, 0.6) is 0 Å². The van der Waals surface area contributed by atoms with Crippen LogP contribution >= 0.6 is 0 Å². The number of hydrogen-bond donors (Lipinski definition) is 1. The van der Waals surface area contributed by atoms with Crippen LogP contribution in [-0.4, -0.2) is 35.4 Å². The number of carboxylic acid groups (broad SMARTS) is 1. The van der Waals surface area contributed by atoms with Gasteiger partial charge >= 0.3 is 5.97 Å². The molecule has 26 heavy (non-hydrogen) atoms. The van der Waals surface area contributed by atoms with Crippen LogP contribution in [0.3, 0.4) is 0 Å². The summed E-state index contributed by atoms with van der Waals surface area (Å²) in [4.78, 5) is 28.6. The number of rotatable bonds is 10. The summed E-state index contributed by atoms with van der Waals surface area (Å²) in [7, 11) is 0. The first-order valence-corrected chi connectivity index (χ1v) is 8.64. The van der Waals surface area contributed by atoms with Gasteiger partial charge in [0.1, 0.15) is 12.1 Å². The molecule has 138 valence electrons. The molecule has 0 aromatic carbocycles. The maximum absolute atomic E-state index is 11.6. The third-order valence-corrected chi connectivity index (χ3v) is 4.11. The number of carbonyl (C=O) groups is 2. The van der Waals surface area contributed by atoms with Crippen LogP contribution in [-0.2, 0) is 4.79 Å². The van der Waals surface area contributed by atoms with Gasteiger partial charge in [0.25, 0.3) is 0 Å². The fourth-order valence-electron chi connectivity index (χ4n) is 2.44. The smallest absolute Gasteiger partial charge is 0.337 e. The van der Waals surface area contributed by atoms with Crippen molar-refractivity contribution < 1.29 is 14.7 Å². The Balaban J connectivity index is 2.87. The van der Waals surface area contributed by atoms with Crippen molar-refractivity contribution in [2.24, 2.45) is 11.8 Å². The van der Waals surface area contributed by atoms with E-state index < -0.39 is 5.97 Å². The molecule has 0 amide bonds. The Hall–Kier alpha value is -2.94. The highest BCUT2D eigenvalue weighted by Gasteiger charge is 2.19. The Morgan fingerprint density at radius 2 is 2.15 bits per heavy atom. The third kappa shape index (κ3) is 6.17. The molecule has 0 aliphatic heterocycles. The van der Waals surface area contributed by atoms with E-state index in [1.54, 1.807) is 12.1 Å². The highest BCUT2D eigenvalue weighted by molar-refractivity contribution is 5.87. The molecular weight excluding hydrogens is 330 g/mol. The van der Waals surface area contributed by atoms with Crippen molar-refractivity contribution in [2.45, 2.75) is 27.2 Å². The van der Waals surface area contributed by atoms with E-state index in [1.807, 2.05) is 37.8 Å². The summed E-state index contributed by atoms with van der Waals surface area (Å²) >= 11 is 0. The molecule has 6 nitrogen and oxygen atoms in total. The van der Waals surface area contributed by atoms with Gasteiger partial charge in [-0.2, -0.15) is 5.26 Å². The van der Waals surface area contributed by atoms with E-state index >= 15 is 0 Å². The number of aromatic carboxylic acids is 1. The van der Waals surface area contributed by atoms with Crippen LogP contribution in [0.1, 0.15) is 37.6 Å². The minimum absolute atomic E-state index is 0.0477. The van der Waals surface area contributed by atoms with E-state index in [0.29, 0.717) is 24.5 Å². The van der Waals surface area contributed by atoms with Crippen LogP contribution < -0.4 is 4.90 Å². The van der Waals surface area contributed by atoms with Gasteiger partial charge in [-0.05, 0) is 37.5 Å². The number of carboxylic acids is 1. The minimum Gasteiger partial charge on any atom is -0.478 e. The molecule has 6 heteroatoms. The second-order valence-corrected chi connectivity index (χ2v) is 5.95. The van der Waals surface area contributed by atoms with Crippen molar-refractivity contribution >= 4 is 18.1 Å². The van der Waals surface area contributed by atoms with Gasteiger partial charge in [0.2, 0.25) is 0 Å². The van der Waals surface area contributed by atoms with Crippen molar-refractivity contribution in [3.8, 4) is 6.07 Å². The molecule has 0 saturated carbocycles. The Morgan fingerprint density at radius 1 is 1.42 bits per heavy atom. The van der Waals surface area contributed by atoms with Crippen LogP contribution in [0.15, 0.2) is 42.1 Å². The standard InChI is InChI=1S/C20H25N3O3/c1-4-6-16(11-21)8-7-15(3)18(14-24)13-23(5-2)19-10-9-17(12-22-19)20(25)26/h6-10,12,14-15,18H,4-5,13H2,1-3H3,(H,25,26)/b8-7-,16-6+/t15-,18?/m1/s1. The van der Waals surface area contributed by atoms with Crippen molar-refractivity contribution in [2.75, 3.05) is 18.0 Å². The number of aromatic nitrogens is 1. The predicted molar refractivity (Wildman–Crippen MR) is 101 cm³/mol. The number of carbonyl (C=O) groups excluding carboxylic acids is 1. The molecular formula is C20H25N3O3. The monoisotopic (exact) mass is 355 g/mol. The van der Waals surface area contributed by atoms with E-state index in [2.05, 4.69) is 11.1 Å². The number of aldehydes is 1. The molecule has 0 fully saturated rings. The lowest BCUT2D eigenvalue weighted by atomic mass is 9.93. The first kappa shape index (κ1) is 21.1. The topological polar surface area (TPSA) is 94.3 Å². The van der Waals surface area contributed by atoms with Gasteiger partial charge < -0.3 is 14.8 Å². The Morgan fingerprint density at radius 3 is 2.62 bits per heavy atom. The average Bonchev–Trinajstić information content (AvgIpc) is 2.66. The molecule has 1 rings (SSSR count). The summed E-state index contributed by atoms with van der Waals surface area (Å²) in [6.45, 7) is 6.95. The zero-order valence-corrected chi connectivity index (χ0v) is 15.4. The van der Waals surface area contributed by atoms with E-state index in [9.17, 15) is 9.59 Å². The SMILES string of the molecule is CC/C=C(C#N)\C=C/[C@@H](C)C(C=O)CN(CC)c1ccc(C(=O)O)cn1. The second kappa shape index (κ2) is 10.8. The van der Waals surface area contributed by atoms with Gasteiger partial charge in [0, 0.05) is 30.8 Å². The fraction of sp³-hybridized carbons (Fsp3) is 0.400. The Kier molecular flexibility index (Phi) is 8.79. The summed E-state index contributed by atoms with van der Waals surface area (Å²) in [6.07, 6.45) is 8.47. The number of anilines is 1. The van der Waals surface area contributed by atoms with Gasteiger partial charge in [0.05, 0.1) is 11.6 Å². The summed E-state index contributed by atoms with van der Waals surface area (Å²) in [6, 6.07) is 5.27. The van der Waals surface area contributed by atoms with Crippen molar-refractivity contribution in [1.29, 1.82) is 5.26 Å². The number of hydrogen-bond acceptors (Lipinski definition) is 5. The van der Waals surface area contributed by atoms with E-state index in [4.69, 9.17) is 10.4 Å². The number of pyridine rings is 1. The van der Waals surface area contributed by atoms with Gasteiger partial charge in [0.15, 0.2) is 0 Å². The van der Waals surface area contributed by atoms with E-state index in [0.717, 1.165) is 12.7 Å². The fourth-order valence-corrected chi connectivity index (χ4v) is 2.44. The average molecular weight is 355 g/mol. The Labute approximate surface area is 154 Å². The van der Waals surface area contributed by atoms with E-state index in [1.165, 1.54) is 12.3 Å². The lowest BCUT2D eigenvalue weighted by molar-refractivity contribution is -0.111. The maximum Gasteiger partial charge on any atom is 0.337 e. The third-order valence-electron chi connectivity index (χ3n) is 4.11. The quantitative estimate of drug-likeness (QED) is 0.392. The summed E-state index contributed by atoms with van der Waals surface area (Å²) in [5.74, 6) is -0.712. The zero-order chi connectivity index (χ0) is 19.5. The molecule has 0 saturated heterocycles. The lowest BCUT2D eigenvalue weighted by Crippen LogP contribution is -2.33. The predicted octanol–water partition coefficient (Wildman–Crippen LogP) is 3.47. The largest absolute Gasteiger partial charge is 0.478 e. The van der Waals surface area contributed by atoms with Crippen molar-refractivity contribution in [3.05, 3.63) is 47.7 Å². The first-order valence-electron chi connectivity index (χ1n) is 8.64. The summed E-state index contributed by atoms with van der Waals surface area (Å²) in [5, 5.41) is 18.0. The highest BCUT2D eigenvalue weighted by Crippen LogP contribution is 2.18. The number of nitriles is 1. The molecule has 1 aromatic heterocycles. The van der Waals surface area contributed by atoms with Crippen molar-refractivity contribution in [3.63, 3.8) is 0 Å². The van der Waals surface area contributed by atoms with Gasteiger partial charge in [-0.3, -0.25) is 0 Å². The molecule has 0 aliphatic carbocycles. The van der Waals surface area contributed by atoms with Gasteiger partial charge in [-0.15, -0.1) is 0 Å². The van der Waals surface area contributed by atoms with E-state index in [-0.39, 0.29) is 17.4 Å². The molecule has 1 unspecified atom stereocenters. The highest BCUT2D eigenvalue weighted by atomic mass is 16.4. The second-order valence-electron chi connectivity index (χ2n) is 5.95. The van der Waals surface area contributed by atoms with Crippen LogP contribution in [0.4, 0.5) is 5.82 Å². The van der Waals surface area contributed by atoms with Gasteiger partial charge in [-0.25, -0.2) is 9.78 Å². The number of nitrogens with zero attached hydrogens (tertiary/aromatic N) is 3. The summed E-state index contributed by atoms with van der Waals surface area (Å²) in [5.41, 5.74) is 0.710. The van der Waals surface area contributed by atoms with Crippen LogP contribution in [0.2, 0.25) is 0 Å². The maximum atomic E-state index is 11.6. The molecule has 1 aromatic rings. The van der Waals surface area contributed by atoms with Crippen molar-refractivity contribution in [1.82, 2.24) is 4.98 Å². The minimum atomic E-state index is -1.02. The normalized spacial score (nSPS) is 13.8. The van der Waals surface area contributed by atoms with Gasteiger partial charge in [-0.1, -0.05) is 26.0 Å².